The summed E-state index contributed by atoms with van der Waals surface area (Å²) in [4.78, 5) is 43.9. The smallest absolute Gasteiger partial charge is 0.265 e. The van der Waals surface area contributed by atoms with Gasteiger partial charge in [-0.3, -0.25) is 19.1 Å². The van der Waals surface area contributed by atoms with E-state index in [-0.39, 0.29) is 17.5 Å². The van der Waals surface area contributed by atoms with Gasteiger partial charge >= 0.3 is 0 Å². The maximum Gasteiger partial charge on any atom is 0.265 e. The molecule has 1 amide bonds. The van der Waals surface area contributed by atoms with Crippen LogP contribution in [0.15, 0.2) is 88.1 Å². The van der Waals surface area contributed by atoms with Crippen LogP contribution in [0, 0.1) is 0 Å². The first-order valence-corrected chi connectivity index (χ1v) is 15.8. The SMILES string of the molecule is C/C=c1/c(=O)n(-c2ccc(OCCNOc3cc4c(cc3OC)C(=O)N3CCCC3C=N4)cc2)c(-c2ccccc2)n/c1=C/C=C/Cl. The van der Waals surface area contributed by atoms with Gasteiger partial charge in [0.2, 0.25) is 0 Å². The van der Waals surface area contributed by atoms with Crippen molar-refractivity contribution < 1.29 is 19.1 Å². The lowest BCUT2D eigenvalue weighted by molar-refractivity contribution is 0.0774. The number of aromatic nitrogens is 2. The number of halogens is 1. The van der Waals surface area contributed by atoms with E-state index in [0.29, 0.717) is 63.7 Å². The monoisotopic (exact) mass is 651 g/mol. The van der Waals surface area contributed by atoms with Gasteiger partial charge in [0.25, 0.3) is 11.5 Å². The molecule has 2 aliphatic rings. The minimum absolute atomic E-state index is 0.0218. The van der Waals surface area contributed by atoms with Crippen LogP contribution in [0.25, 0.3) is 29.2 Å². The summed E-state index contributed by atoms with van der Waals surface area (Å²) in [7, 11) is 1.53. The van der Waals surface area contributed by atoms with Crippen LogP contribution in [-0.2, 0) is 0 Å². The number of carbonyl (C=O) groups excluding carboxylic acids is 1. The summed E-state index contributed by atoms with van der Waals surface area (Å²) in [6.07, 6.45) is 8.83. The molecule has 3 heterocycles. The van der Waals surface area contributed by atoms with Gasteiger partial charge in [-0.1, -0.05) is 48.0 Å². The second-order valence-electron chi connectivity index (χ2n) is 10.9. The molecule has 10 nitrogen and oxygen atoms in total. The number of hydrogen-bond acceptors (Lipinski definition) is 8. The van der Waals surface area contributed by atoms with Gasteiger partial charge in [0, 0.05) is 29.9 Å². The van der Waals surface area contributed by atoms with Crippen molar-refractivity contribution in [3.05, 3.63) is 105 Å². The molecule has 0 bridgehead atoms. The summed E-state index contributed by atoms with van der Waals surface area (Å²) < 4.78 is 13.0. The maximum absolute atomic E-state index is 13.8. The van der Waals surface area contributed by atoms with Crippen LogP contribution in [0.3, 0.4) is 0 Å². The first-order valence-electron chi connectivity index (χ1n) is 15.3. The second-order valence-corrected chi connectivity index (χ2v) is 11.1. The van der Waals surface area contributed by atoms with Gasteiger partial charge in [0.15, 0.2) is 11.5 Å². The Hall–Kier alpha value is -5.19. The quantitative estimate of drug-likeness (QED) is 0.198. The van der Waals surface area contributed by atoms with Crippen LogP contribution in [0.1, 0.15) is 30.1 Å². The van der Waals surface area contributed by atoms with E-state index in [2.05, 4.69) is 10.5 Å². The molecule has 3 aromatic carbocycles. The number of ether oxygens (including phenoxy) is 2. The third kappa shape index (κ3) is 6.70. The zero-order valence-electron chi connectivity index (χ0n) is 26.1. The lowest BCUT2D eigenvalue weighted by Crippen LogP contribution is -2.47. The predicted molar refractivity (Wildman–Crippen MR) is 183 cm³/mol. The number of amides is 1. The highest BCUT2D eigenvalue weighted by Crippen LogP contribution is 2.37. The molecule has 0 aliphatic carbocycles. The fourth-order valence-corrected chi connectivity index (χ4v) is 5.79. The second kappa shape index (κ2) is 14.5. The van der Waals surface area contributed by atoms with E-state index < -0.39 is 0 Å². The standard InChI is InChI=1S/C36H34ClN5O5/c1-3-28-30(12-7-17-37)40-34(24-9-5-4-6-10-24)42(36(28)44)25-13-15-27(16-14-25)46-20-18-39-47-33-22-31-29(21-32(33)45-2)35(43)41-19-8-11-26(41)23-38-31/h3-7,9-10,12-17,21-23,26,39H,8,11,18-20H2,1-2H3/b17-7+,28-3+,30-12+. The highest BCUT2D eigenvalue weighted by Gasteiger charge is 2.32. The zero-order chi connectivity index (χ0) is 32.8. The topological polar surface area (TPSA) is 107 Å². The van der Waals surface area contributed by atoms with Crippen molar-refractivity contribution in [2.75, 3.05) is 26.8 Å². The number of methoxy groups -OCH3 is 1. The van der Waals surface area contributed by atoms with Crippen LogP contribution in [-0.4, -0.2) is 59.4 Å². The van der Waals surface area contributed by atoms with Crippen LogP contribution >= 0.6 is 11.6 Å². The van der Waals surface area contributed by atoms with Crippen molar-refractivity contribution in [1.29, 1.82) is 0 Å². The van der Waals surface area contributed by atoms with E-state index in [9.17, 15) is 9.59 Å². The van der Waals surface area contributed by atoms with Crippen molar-refractivity contribution in [3.63, 3.8) is 0 Å². The summed E-state index contributed by atoms with van der Waals surface area (Å²) >= 11 is 5.75. The Morgan fingerprint density at radius 1 is 1.06 bits per heavy atom. The normalized spacial score (nSPS) is 16.4. The molecular formula is C36H34ClN5O5. The summed E-state index contributed by atoms with van der Waals surface area (Å²) in [5, 5.41) is 1.000. The number of hydroxylamine groups is 1. The van der Waals surface area contributed by atoms with Gasteiger partial charge < -0.3 is 19.2 Å². The van der Waals surface area contributed by atoms with Crippen molar-refractivity contribution in [2.24, 2.45) is 4.99 Å². The molecule has 47 heavy (non-hydrogen) atoms. The van der Waals surface area contributed by atoms with E-state index >= 15 is 0 Å². The van der Waals surface area contributed by atoms with Crippen LogP contribution in [0.5, 0.6) is 17.2 Å². The first-order chi connectivity index (χ1) is 23.0. The molecule has 0 spiro atoms. The molecule has 1 atom stereocenters. The molecule has 1 N–H and O–H groups in total. The molecule has 0 saturated carbocycles. The zero-order valence-corrected chi connectivity index (χ0v) is 26.8. The van der Waals surface area contributed by atoms with E-state index in [1.165, 1.54) is 12.6 Å². The lowest BCUT2D eigenvalue weighted by Gasteiger charge is -2.20. The molecule has 1 fully saturated rings. The number of hydrogen-bond donors (Lipinski definition) is 1. The Balaban J connectivity index is 1.14. The highest BCUT2D eigenvalue weighted by atomic mass is 35.5. The summed E-state index contributed by atoms with van der Waals surface area (Å²) in [6, 6.07) is 20.2. The van der Waals surface area contributed by atoms with Crippen molar-refractivity contribution in [1.82, 2.24) is 19.9 Å². The fraction of sp³-hybridized carbons (Fsp3) is 0.222. The maximum atomic E-state index is 13.8. The third-order valence-corrected chi connectivity index (χ3v) is 8.15. The Morgan fingerprint density at radius 3 is 2.62 bits per heavy atom. The molecule has 240 valence electrons. The number of benzene rings is 3. The molecule has 1 unspecified atom stereocenters. The Kier molecular flexibility index (Phi) is 9.80. The van der Waals surface area contributed by atoms with Crippen molar-refractivity contribution in [2.45, 2.75) is 25.8 Å². The van der Waals surface area contributed by atoms with Gasteiger partial charge in [-0.05, 0) is 62.2 Å². The van der Waals surface area contributed by atoms with Gasteiger partial charge in [-0.25, -0.2) is 4.98 Å². The van der Waals surface area contributed by atoms with Crippen LogP contribution in [0.4, 0.5) is 5.69 Å². The Morgan fingerprint density at radius 2 is 1.87 bits per heavy atom. The van der Waals surface area contributed by atoms with Gasteiger partial charge in [-0.15, -0.1) is 0 Å². The number of rotatable bonds is 10. The van der Waals surface area contributed by atoms with E-state index in [0.717, 1.165) is 24.9 Å². The highest BCUT2D eigenvalue weighted by molar-refractivity contribution is 6.25. The minimum atomic E-state index is -0.200. The average molecular weight is 652 g/mol. The number of carbonyl (C=O) groups is 1. The number of nitrogens with zero attached hydrogens (tertiary/aromatic N) is 4. The number of aliphatic imine (C=N–C) groups is 1. The van der Waals surface area contributed by atoms with Crippen molar-refractivity contribution in [3.8, 4) is 34.3 Å². The third-order valence-electron chi connectivity index (χ3n) is 8.00. The minimum Gasteiger partial charge on any atom is -0.493 e. The van der Waals surface area contributed by atoms with Gasteiger partial charge in [0.1, 0.15) is 18.2 Å². The first kappa shape index (κ1) is 31.8. The number of nitrogens with one attached hydrogen (secondary N) is 1. The van der Waals surface area contributed by atoms with Crippen molar-refractivity contribution >= 4 is 41.6 Å². The van der Waals surface area contributed by atoms with E-state index in [1.807, 2.05) is 60.5 Å². The van der Waals surface area contributed by atoms with E-state index in [1.54, 1.807) is 47.1 Å². The molecule has 6 rings (SSSR count). The molecule has 2 aliphatic heterocycles. The number of fused-ring (bicyclic) bond motifs is 2. The van der Waals surface area contributed by atoms with Crippen LogP contribution < -0.4 is 35.9 Å². The molecule has 11 heteroatoms. The average Bonchev–Trinajstić information content (AvgIpc) is 3.54. The molecule has 1 aromatic heterocycles. The molecule has 1 saturated heterocycles. The summed E-state index contributed by atoms with van der Waals surface area (Å²) in [6.45, 7) is 3.18. The molecule has 0 radical (unpaired) electrons. The van der Waals surface area contributed by atoms with Gasteiger partial charge in [0.05, 0.1) is 47.2 Å². The molecule has 4 aromatic rings. The predicted octanol–water partition coefficient (Wildman–Crippen LogP) is 4.52. The van der Waals surface area contributed by atoms with Gasteiger partial charge in [-0.2, -0.15) is 5.48 Å². The lowest BCUT2D eigenvalue weighted by atomic mass is 10.1. The van der Waals surface area contributed by atoms with Crippen LogP contribution in [0.2, 0.25) is 0 Å². The summed E-state index contributed by atoms with van der Waals surface area (Å²) in [5.74, 6) is 1.93. The number of allylic oxidation sites excluding steroid dienone is 1. The Bertz CT molecular complexity index is 2010. The fourth-order valence-electron chi connectivity index (χ4n) is 5.71. The summed E-state index contributed by atoms with van der Waals surface area (Å²) in [5.41, 5.74) is 6.57. The Labute approximate surface area is 276 Å². The van der Waals surface area contributed by atoms with E-state index in [4.69, 9.17) is 30.9 Å². The molecular weight excluding hydrogens is 618 g/mol. The largest absolute Gasteiger partial charge is 0.493 e.